The van der Waals surface area contributed by atoms with Crippen molar-refractivity contribution in [3.05, 3.63) is 64.7 Å². The van der Waals surface area contributed by atoms with Gasteiger partial charge in [-0.25, -0.2) is 0 Å². The second-order valence-corrected chi connectivity index (χ2v) is 6.07. The van der Waals surface area contributed by atoms with Crippen molar-refractivity contribution in [3.8, 4) is 5.75 Å². The van der Waals surface area contributed by atoms with Crippen LogP contribution in [0.2, 0.25) is 5.02 Å². The Hall–Kier alpha value is -1.55. The van der Waals surface area contributed by atoms with Gasteiger partial charge in [-0.2, -0.15) is 0 Å². The van der Waals surface area contributed by atoms with Gasteiger partial charge >= 0.3 is 0 Å². The van der Waals surface area contributed by atoms with E-state index in [0.717, 1.165) is 34.7 Å². The summed E-state index contributed by atoms with van der Waals surface area (Å²) in [7, 11) is 1.67. The molecular formula is C19H24ClNO2. The van der Waals surface area contributed by atoms with Crippen molar-refractivity contribution in [2.75, 3.05) is 13.7 Å². The Kier molecular flexibility index (Phi) is 6.90. The lowest BCUT2D eigenvalue weighted by molar-refractivity contribution is 0.275. The summed E-state index contributed by atoms with van der Waals surface area (Å²) in [6, 6.07) is 16.1. The molecule has 3 nitrogen and oxygen atoms in total. The van der Waals surface area contributed by atoms with Crippen molar-refractivity contribution in [2.45, 2.75) is 31.8 Å². The minimum atomic E-state index is -0.0208. The van der Waals surface area contributed by atoms with Crippen LogP contribution in [0.25, 0.3) is 0 Å². The summed E-state index contributed by atoms with van der Waals surface area (Å²) in [5.41, 5.74) is 2.14. The highest BCUT2D eigenvalue weighted by atomic mass is 35.5. The first-order chi connectivity index (χ1) is 11.2. The number of hydrogen-bond donors (Lipinski definition) is 2. The van der Waals surface area contributed by atoms with Crippen LogP contribution in [0.4, 0.5) is 0 Å². The lowest BCUT2D eigenvalue weighted by atomic mass is 9.97. The average molecular weight is 334 g/mol. The number of hydrogen-bond acceptors (Lipinski definition) is 3. The molecule has 0 aliphatic heterocycles. The van der Waals surface area contributed by atoms with Crippen LogP contribution in [-0.2, 0) is 0 Å². The van der Waals surface area contributed by atoms with Gasteiger partial charge < -0.3 is 15.2 Å². The summed E-state index contributed by atoms with van der Waals surface area (Å²) in [6.45, 7) is 2.33. The second-order valence-electron chi connectivity index (χ2n) is 5.66. The van der Waals surface area contributed by atoms with E-state index in [2.05, 4.69) is 18.3 Å². The number of aliphatic hydroxyl groups is 1. The number of ether oxygens (including phenoxy) is 1. The number of rotatable bonds is 8. The van der Waals surface area contributed by atoms with Gasteiger partial charge in [0.2, 0.25) is 0 Å². The highest BCUT2D eigenvalue weighted by Crippen LogP contribution is 2.30. The van der Waals surface area contributed by atoms with E-state index in [4.69, 9.17) is 21.4 Å². The fraction of sp³-hybridized carbons (Fsp3) is 0.368. The smallest absolute Gasteiger partial charge is 0.119 e. The molecule has 2 aromatic carbocycles. The van der Waals surface area contributed by atoms with Crippen LogP contribution in [0.5, 0.6) is 5.75 Å². The lowest BCUT2D eigenvalue weighted by Gasteiger charge is -2.25. The van der Waals surface area contributed by atoms with E-state index in [1.807, 2.05) is 42.5 Å². The Morgan fingerprint density at radius 1 is 1.17 bits per heavy atom. The molecule has 4 heteroatoms. The van der Waals surface area contributed by atoms with Gasteiger partial charge in [0.05, 0.1) is 13.2 Å². The van der Waals surface area contributed by atoms with E-state index in [1.54, 1.807) is 7.11 Å². The normalized spacial score (nSPS) is 13.6. The predicted molar refractivity (Wildman–Crippen MR) is 95.2 cm³/mol. The minimum absolute atomic E-state index is 0.0208. The summed E-state index contributed by atoms with van der Waals surface area (Å²) in [4.78, 5) is 0. The van der Waals surface area contributed by atoms with E-state index in [0.29, 0.717) is 0 Å². The second kappa shape index (κ2) is 8.92. The summed E-state index contributed by atoms with van der Waals surface area (Å²) in [5, 5.41) is 13.4. The zero-order valence-electron chi connectivity index (χ0n) is 13.6. The summed E-state index contributed by atoms with van der Waals surface area (Å²) in [6.07, 6.45) is 1.68. The Labute approximate surface area is 143 Å². The first kappa shape index (κ1) is 17.8. The molecule has 2 rings (SSSR count). The Morgan fingerprint density at radius 2 is 1.96 bits per heavy atom. The topological polar surface area (TPSA) is 41.5 Å². The summed E-state index contributed by atoms with van der Waals surface area (Å²) in [5.74, 6) is 0.823. The average Bonchev–Trinajstić information content (AvgIpc) is 2.58. The molecular weight excluding hydrogens is 310 g/mol. The van der Waals surface area contributed by atoms with Crippen LogP contribution in [0.3, 0.4) is 0 Å². The Balaban J connectivity index is 2.32. The zero-order chi connectivity index (χ0) is 16.7. The van der Waals surface area contributed by atoms with Crippen molar-refractivity contribution in [1.29, 1.82) is 0 Å². The fourth-order valence-electron chi connectivity index (χ4n) is 2.66. The molecule has 0 aromatic heterocycles. The molecule has 124 valence electrons. The SMILES string of the molecule is COc1cccc(C(NC(C)CCCO)c2ccccc2Cl)c1. The van der Waals surface area contributed by atoms with Gasteiger partial charge in [-0.15, -0.1) is 0 Å². The van der Waals surface area contributed by atoms with Crippen molar-refractivity contribution < 1.29 is 9.84 Å². The van der Waals surface area contributed by atoms with E-state index in [-0.39, 0.29) is 18.7 Å². The maximum Gasteiger partial charge on any atom is 0.119 e. The lowest BCUT2D eigenvalue weighted by Crippen LogP contribution is -2.31. The van der Waals surface area contributed by atoms with Gasteiger partial charge in [-0.3, -0.25) is 0 Å². The van der Waals surface area contributed by atoms with Gasteiger partial charge in [-0.1, -0.05) is 41.9 Å². The largest absolute Gasteiger partial charge is 0.497 e. The maximum absolute atomic E-state index is 9.03. The molecule has 0 fully saturated rings. The molecule has 0 saturated heterocycles. The Bertz CT molecular complexity index is 618. The van der Waals surface area contributed by atoms with Gasteiger partial charge in [0, 0.05) is 17.7 Å². The van der Waals surface area contributed by atoms with Gasteiger partial charge in [0.25, 0.3) is 0 Å². The molecule has 2 atom stereocenters. The monoisotopic (exact) mass is 333 g/mol. The fourth-order valence-corrected chi connectivity index (χ4v) is 2.91. The molecule has 0 aliphatic rings. The van der Waals surface area contributed by atoms with Crippen LogP contribution < -0.4 is 10.1 Å². The number of halogens is 1. The molecule has 0 heterocycles. The van der Waals surface area contributed by atoms with Crippen LogP contribution >= 0.6 is 11.6 Å². The van der Waals surface area contributed by atoms with Crippen molar-refractivity contribution in [2.24, 2.45) is 0 Å². The third-order valence-corrected chi connectivity index (χ3v) is 4.23. The minimum Gasteiger partial charge on any atom is -0.497 e. The summed E-state index contributed by atoms with van der Waals surface area (Å²) < 4.78 is 5.35. The van der Waals surface area contributed by atoms with E-state index in [1.165, 1.54) is 0 Å². The first-order valence-corrected chi connectivity index (χ1v) is 8.28. The molecule has 0 saturated carbocycles. The summed E-state index contributed by atoms with van der Waals surface area (Å²) >= 11 is 6.42. The Morgan fingerprint density at radius 3 is 2.65 bits per heavy atom. The van der Waals surface area contributed by atoms with Gasteiger partial charge in [-0.05, 0) is 49.1 Å². The predicted octanol–water partition coefficient (Wildman–Crippen LogP) is 4.19. The van der Waals surface area contributed by atoms with E-state index in [9.17, 15) is 0 Å². The van der Waals surface area contributed by atoms with Crippen molar-refractivity contribution in [1.82, 2.24) is 5.32 Å². The molecule has 0 radical (unpaired) electrons. The molecule has 0 amide bonds. The van der Waals surface area contributed by atoms with Crippen LogP contribution in [0.1, 0.15) is 36.9 Å². The van der Waals surface area contributed by atoms with Gasteiger partial charge in [0.15, 0.2) is 0 Å². The van der Waals surface area contributed by atoms with Gasteiger partial charge in [0.1, 0.15) is 5.75 Å². The van der Waals surface area contributed by atoms with Crippen molar-refractivity contribution >= 4 is 11.6 Å². The molecule has 0 bridgehead atoms. The molecule has 2 N–H and O–H groups in total. The third kappa shape index (κ3) is 4.96. The van der Waals surface area contributed by atoms with E-state index < -0.39 is 0 Å². The number of methoxy groups -OCH3 is 1. The highest BCUT2D eigenvalue weighted by Gasteiger charge is 2.19. The third-order valence-electron chi connectivity index (χ3n) is 3.89. The van der Waals surface area contributed by atoms with Crippen LogP contribution in [0, 0.1) is 0 Å². The molecule has 0 aliphatic carbocycles. The molecule has 23 heavy (non-hydrogen) atoms. The first-order valence-electron chi connectivity index (χ1n) is 7.91. The molecule has 2 unspecified atom stereocenters. The van der Waals surface area contributed by atoms with Crippen molar-refractivity contribution in [3.63, 3.8) is 0 Å². The molecule has 0 spiro atoms. The quantitative estimate of drug-likeness (QED) is 0.761. The number of aliphatic hydroxyl groups excluding tert-OH is 1. The van der Waals surface area contributed by atoms with Crippen LogP contribution in [-0.4, -0.2) is 24.9 Å². The number of nitrogens with one attached hydrogen (secondary N) is 1. The number of benzene rings is 2. The molecule has 2 aromatic rings. The zero-order valence-corrected chi connectivity index (χ0v) is 14.4. The highest BCUT2D eigenvalue weighted by molar-refractivity contribution is 6.31. The standard InChI is InChI=1S/C19H24ClNO2/c1-14(7-6-12-22)21-19(17-10-3-4-11-18(17)20)15-8-5-9-16(13-15)23-2/h3-5,8-11,13-14,19,21-22H,6-7,12H2,1-2H3. The van der Waals surface area contributed by atoms with E-state index >= 15 is 0 Å². The maximum atomic E-state index is 9.03. The van der Waals surface area contributed by atoms with Crippen LogP contribution in [0.15, 0.2) is 48.5 Å².